The summed E-state index contributed by atoms with van der Waals surface area (Å²) in [6.45, 7) is 0.846. The third kappa shape index (κ3) is 1.77. The van der Waals surface area contributed by atoms with Crippen LogP contribution >= 0.6 is 0 Å². The SMILES string of the molecule is Fc1cccc(F)c1C1CCCCN1. The molecule has 1 aromatic carbocycles. The highest BCUT2D eigenvalue weighted by Gasteiger charge is 2.21. The van der Waals surface area contributed by atoms with Gasteiger partial charge in [0.05, 0.1) is 0 Å². The summed E-state index contributed by atoms with van der Waals surface area (Å²) in [5, 5.41) is 3.14. The predicted octanol–water partition coefficient (Wildman–Crippen LogP) is 2.78. The number of hydrogen-bond acceptors (Lipinski definition) is 1. The van der Waals surface area contributed by atoms with Gasteiger partial charge in [-0.3, -0.25) is 0 Å². The van der Waals surface area contributed by atoms with Gasteiger partial charge in [-0.1, -0.05) is 12.5 Å². The highest BCUT2D eigenvalue weighted by Crippen LogP contribution is 2.27. The van der Waals surface area contributed by atoms with Crippen LogP contribution in [0.15, 0.2) is 18.2 Å². The quantitative estimate of drug-likeness (QED) is 0.730. The molecule has 14 heavy (non-hydrogen) atoms. The first kappa shape index (κ1) is 9.59. The molecular weight excluding hydrogens is 184 g/mol. The second-order valence-electron chi connectivity index (χ2n) is 3.64. The zero-order valence-corrected chi connectivity index (χ0v) is 7.89. The Labute approximate surface area is 82.1 Å². The smallest absolute Gasteiger partial charge is 0.130 e. The molecule has 1 aliphatic heterocycles. The van der Waals surface area contributed by atoms with Crippen LogP contribution in [0, 0.1) is 11.6 Å². The Morgan fingerprint density at radius 3 is 2.43 bits per heavy atom. The summed E-state index contributed by atoms with van der Waals surface area (Å²) < 4.78 is 26.7. The lowest BCUT2D eigenvalue weighted by atomic mass is 9.97. The van der Waals surface area contributed by atoms with E-state index in [-0.39, 0.29) is 11.6 Å². The molecule has 1 fully saturated rings. The molecular formula is C11H13F2N. The molecule has 1 atom stereocenters. The molecule has 1 saturated heterocycles. The molecule has 1 unspecified atom stereocenters. The van der Waals surface area contributed by atoms with Gasteiger partial charge < -0.3 is 5.32 Å². The Balaban J connectivity index is 2.29. The van der Waals surface area contributed by atoms with Crippen LogP contribution in [-0.4, -0.2) is 6.54 Å². The molecule has 76 valence electrons. The fourth-order valence-electron chi connectivity index (χ4n) is 1.94. The molecule has 0 aliphatic carbocycles. The molecule has 0 amide bonds. The second-order valence-corrected chi connectivity index (χ2v) is 3.64. The normalized spacial score (nSPS) is 22.3. The first-order valence-corrected chi connectivity index (χ1v) is 4.96. The van der Waals surface area contributed by atoms with Crippen LogP contribution in [0.5, 0.6) is 0 Å². The van der Waals surface area contributed by atoms with Crippen molar-refractivity contribution in [1.82, 2.24) is 5.32 Å². The topological polar surface area (TPSA) is 12.0 Å². The molecule has 1 heterocycles. The van der Waals surface area contributed by atoms with Crippen molar-refractivity contribution >= 4 is 0 Å². The van der Waals surface area contributed by atoms with Crippen LogP contribution in [-0.2, 0) is 0 Å². The van der Waals surface area contributed by atoms with Gasteiger partial charge in [-0.25, -0.2) is 8.78 Å². The van der Waals surface area contributed by atoms with E-state index in [1.165, 1.54) is 18.2 Å². The number of rotatable bonds is 1. The molecule has 0 saturated carbocycles. The summed E-state index contributed by atoms with van der Waals surface area (Å²) >= 11 is 0. The van der Waals surface area contributed by atoms with Crippen molar-refractivity contribution in [3.8, 4) is 0 Å². The minimum Gasteiger partial charge on any atom is -0.310 e. The van der Waals surface area contributed by atoms with Crippen molar-refractivity contribution in [1.29, 1.82) is 0 Å². The summed E-state index contributed by atoms with van der Waals surface area (Å²) in [6, 6.07) is 3.88. The fourth-order valence-corrected chi connectivity index (χ4v) is 1.94. The van der Waals surface area contributed by atoms with Gasteiger partial charge in [0.1, 0.15) is 11.6 Å². The first-order chi connectivity index (χ1) is 6.79. The van der Waals surface area contributed by atoms with E-state index in [9.17, 15) is 8.78 Å². The average Bonchev–Trinajstić information content (AvgIpc) is 2.19. The Bertz CT molecular complexity index is 299. The molecule has 1 aromatic rings. The predicted molar refractivity (Wildman–Crippen MR) is 51.0 cm³/mol. The zero-order chi connectivity index (χ0) is 9.97. The molecule has 3 heteroatoms. The summed E-state index contributed by atoms with van der Waals surface area (Å²) in [5.41, 5.74) is 0.201. The third-order valence-electron chi connectivity index (χ3n) is 2.66. The van der Waals surface area contributed by atoms with Crippen molar-refractivity contribution < 1.29 is 8.78 Å². The lowest BCUT2D eigenvalue weighted by Gasteiger charge is -2.24. The maximum absolute atomic E-state index is 13.4. The minimum absolute atomic E-state index is 0.148. The lowest BCUT2D eigenvalue weighted by molar-refractivity contribution is 0.385. The van der Waals surface area contributed by atoms with Gasteiger partial charge in [0.15, 0.2) is 0 Å². The van der Waals surface area contributed by atoms with Gasteiger partial charge in [-0.2, -0.15) is 0 Å². The summed E-state index contributed by atoms with van der Waals surface area (Å²) in [7, 11) is 0. The molecule has 1 N–H and O–H groups in total. The van der Waals surface area contributed by atoms with Gasteiger partial charge >= 0.3 is 0 Å². The van der Waals surface area contributed by atoms with Crippen molar-refractivity contribution in [3.05, 3.63) is 35.4 Å². The molecule has 1 aliphatic rings. The van der Waals surface area contributed by atoms with Crippen LogP contribution < -0.4 is 5.32 Å². The molecule has 2 rings (SSSR count). The van der Waals surface area contributed by atoms with Gasteiger partial charge in [0, 0.05) is 11.6 Å². The Morgan fingerprint density at radius 2 is 1.86 bits per heavy atom. The maximum Gasteiger partial charge on any atom is 0.130 e. The minimum atomic E-state index is -0.440. The van der Waals surface area contributed by atoms with E-state index in [1.54, 1.807) is 0 Å². The number of benzene rings is 1. The molecule has 0 radical (unpaired) electrons. The van der Waals surface area contributed by atoms with Gasteiger partial charge in [0.25, 0.3) is 0 Å². The van der Waals surface area contributed by atoms with Crippen molar-refractivity contribution in [2.24, 2.45) is 0 Å². The molecule has 0 bridgehead atoms. The van der Waals surface area contributed by atoms with Crippen molar-refractivity contribution in [3.63, 3.8) is 0 Å². The van der Waals surface area contributed by atoms with E-state index in [0.717, 1.165) is 25.8 Å². The van der Waals surface area contributed by atoms with Crippen LogP contribution in [0.4, 0.5) is 8.78 Å². The van der Waals surface area contributed by atoms with Gasteiger partial charge in [-0.15, -0.1) is 0 Å². The van der Waals surface area contributed by atoms with Crippen LogP contribution in [0.2, 0.25) is 0 Å². The summed E-state index contributed by atoms with van der Waals surface area (Å²) in [5.74, 6) is -0.881. The highest BCUT2D eigenvalue weighted by atomic mass is 19.1. The van der Waals surface area contributed by atoms with Crippen LogP contribution in [0.1, 0.15) is 30.9 Å². The van der Waals surface area contributed by atoms with Gasteiger partial charge in [-0.05, 0) is 31.5 Å². The van der Waals surface area contributed by atoms with Gasteiger partial charge in [0.2, 0.25) is 0 Å². The van der Waals surface area contributed by atoms with Crippen molar-refractivity contribution in [2.75, 3.05) is 6.54 Å². The van der Waals surface area contributed by atoms with E-state index in [2.05, 4.69) is 5.32 Å². The first-order valence-electron chi connectivity index (χ1n) is 4.96. The lowest BCUT2D eigenvalue weighted by Crippen LogP contribution is -2.28. The van der Waals surface area contributed by atoms with E-state index in [1.807, 2.05) is 0 Å². The number of piperidine rings is 1. The molecule has 1 nitrogen and oxygen atoms in total. The zero-order valence-electron chi connectivity index (χ0n) is 7.89. The monoisotopic (exact) mass is 197 g/mol. The van der Waals surface area contributed by atoms with Crippen LogP contribution in [0.25, 0.3) is 0 Å². The van der Waals surface area contributed by atoms with E-state index in [4.69, 9.17) is 0 Å². The fraction of sp³-hybridized carbons (Fsp3) is 0.455. The summed E-state index contributed by atoms with van der Waals surface area (Å²) in [6.07, 6.45) is 2.94. The highest BCUT2D eigenvalue weighted by molar-refractivity contribution is 5.23. The van der Waals surface area contributed by atoms with E-state index >= 15 is 0 Å². The molecule has 0 spiro atoms. The Hall–Kier alpha value is -0.960. The third-order valence-corrected chi connectivity index (χ3v) is 2.66. The van der Waals surface area contributed by atoms with E-state index < -0.39 is 11.6 Å². The number of halogens is 2. The second kappa shape index (κ2) is 4.05. The standard InChI is InChI=1S/C11H13F2N/c12-8-4-3-5-9(13)11(8)10-6-1-2-7-14-10/h3-5,10,14H,1-2,6-7H2. The summed E-state index contributed by atoms with van der Waals surface area (Å²) in [4.78, 5) is 0. The number of hydrogen-bond donors (Lipinski definition) is 1. The van der Waals surface area contributed by atoms with Crippen LogP contribution in [0.3, 0.4) is 0 Å². The Morgan fingerprint density at radius 1 is 1.14 bits per heavy atom. The van der Waals surface area contributed by atoms with Crippen molar-refractivity contribution in [2.45, 2.75) is 25.3 Å². The average molecular weight is 197 g/mol. The molecule has 0 aromatic heterocycles. The maximum atomic E-state index is 13.4. The van der Waals surface area contributed by atoms with E-state index in [0.29, 0.717) is 0 Å². The Kier molecular flexibility index (Phi) is 2.77. The largest absolute Gasteiger partial charge is 0.310 e. The number of nitrogens with one attached hydrogen (secondary N) is 1.